The second-order valence-corrected chi connectivity index (χ2v) is 6.00. The molecule has 3 aromatic rings. The molecule has 0 bridgehead atoms. The predicted molar refractivity (Wildman–Crippen MR) is 106 cm³/mol. The molecule has 0 unspecified atom stereocenters. The summed E-state index contributed by atoms with van der Waals surface area (Å²) < 4.78 is 5.52. The normalized spacial score (nSPS) is 10.1. The fourth-order valence-corrected chi connectivity index (χ4v) is 2.49. The number of hydrogen-bond donors (Lipinski definition) is 2. The van der Waals surface area contributed by atoms with Gasteiger partial charge in [-0.15, -0.1) is 0 Å². The molecule has 0 aromatic heterocycles. The van der Waals surface area contributed by atoms with Crippen LogP contribution in [0, 0.1) is 6.92 Å². The van der Waals surface area contributed by atoms with Crippen molar-refractivity contribution >= 4 is 23.2 Å². The van der Waals surface area contributed by atoms with Crippen molar-refractivity contribution in [2.45, 2.75) is 6.92 Å². The lowest BCUT2D eigenvalue weighted by Crippen LogP contribution is -2.20. The first-order valence-electron chi connectivity index (χ1n) is 8.56. The minimum atomic E-state index is -0.264. The topological polar surface area (TPSA) is 67.4 Å². The van der Waals surface area contributed by atoms with Crippen LogP contribution < -0.4 is 15.4 Å². The second kappa shape index (κ2) is 8.67. The van der Waals surface area contributed by atoms with E-state index in [0.29, 0.717) is 17.0 Å². The van der Waals surface area contributed by atoms with Crippen molar-refractivity contribution in [2.24, 2.45) is 0 Å². The van der Waals surface area contributed by atoms with Crippen LogP contribution in [0.3, 0.4) is 0 Å². The van der Waals surface area contributed by atoms with Gasteiger partial charge in [-0.3, -0.25) is 9.59 Å². The van der Waals surface area contributed by atoms with Gasteiger partial charge in [0.2, 0.25) is 0 Å². The van der Waals surface area contributed by atoms with Crippen LogP contribution in [0.25, 0.3) is 0 Å². The van der Waals surface area contributed by atoms with Gasteiger partial charge in [0.15, 0.2) is 6.61 Å². The number of para-hydroxylation sites is 2. The standard InChI is InChI=1S/C22H20N2O3/c1-16-7-5-6-10-20(16)27-15-21(25)23-19-13-11-17(12-14-19)22(26)24-18-8-3-2-4-9-18/h2-14H,15H2,1H3,(H,23,25)(H,24,26). The molecule has 5 heteroatoms. The first-order chi connectivity index (χ1) is 13.1. The van der Waals surface area contributed by atoms with Crippen molar-refractivity contribution < 1.29 is 14.3 Å². The van der Waals surface area contributed by atoms with Crippen molar-refractivity contribution in [3.05, 3.63) is 90.0 Å². The van der Waals surface area contributed by atoms with E-state index in [1.165, 1.54) is 0 Å². The second-order valence-electron chi connectivity index (χ2n) is 6.00. The van der Waals surface area contributed by atoms with E-state index in [0.717, 1.165) is 11.3 Å². The average Bonchev–Trinajstić information content (AvgIpc) is 2.69. The Morgan fingerprint density at radius 1 is 0.778 bits per heavy atom. The summed E-state index contributed by atoms with van der Waals surface area (Å²) in [6.07, 6.45) is 0. The summed E-state index contributed by atoms with van der Waals surface area (Å²) >= 11 is 0. The fourth-order valence-electron chi connectivity index (χ4n) is 2.49. The van der Waals surface area contributed by atoms with Gasteiger partial charge in [-0.1, -0.05) is 36.4 Å². The van der Waals surface area contributed by atoms with Gasteiger partial charge in [-0.25, -0.2) is 0 Å². The number of anilines is 2. The van der Waals surface area contributed by atoms with Crippen LogP contribution in [0.1, 0.15) is 15.9 Å². The summed E-state index contributed by atoms with van der Waals surface area (Å²) in [7, 11) is 0. The van der Waals surface area contributed by atoms with Gasteiger partial charge in [0.25, 0.3) is 11.8 Å². The zero-order valence-electron chi connectivity index (χ0n) is 14.9. The summed E-state index contributed by atoms with van der Waals surface area (Å²) in [6, 6.07) is 23.5. The van der Waals surface area contributed by atoms with Gasteiger partial charge in [0.05, 0.1) is 0 Å². The molecule has 2 amide bonds. The molecule has 0 aliphatic heterocycles. The van der Waals surface area contributed by atoms with E-state index in [2.05, 4.69) is 10.6 Å². The first-order valence-corrected chi connectivity index (χ1v) is 8.56. The van der Waals surface area contributed by atoms with E-state index < -0.39 is 0 Å². The Hall–Kier alpha value is -3.60. The Balaban J connectivity index is 1.53. The summed E-state index contributed by atoms with van der Waals surface area (Å²) in [5.41, 5.74) is 2.81. The number of nitrogens with one attached hydrogen (secondary N) is 2. The van der Waals surface area contributed by atoms with Gasteiger partial charge in [-0.05, 0) is 55.0 Å². The Labute approximate surface area is 158 Å². The maximum Gasteiger partial charge on any atom is 0.262 e. The molecule has 3 rings (SSSR count). The van der Waals surface area contributed by atoms with Crippen LogP contribution in [0.2, 0.25) is 0 Å². The Kier molecular flexibility index (Phi) is 5.84. The van der Waals surface area contributed by atoms with Crippen LogP contribution in [0.5, 0.6) is 5.75 Å². The minimum absolute atomic E-state index is 0.0822. The molecule has 0 aliphatic carbocycles. The molecule has 0 heterocycles. The number of hydrogen-bond acceptors (Lipinski definition) is 3. The molecule has 0 radical (unpaired) electrons. The SMILES string of the molecule is Cc1ccccc1OCC(=O)Nc1ccc(C(=O)Nc2ccccc2)cc1. The molecule has 2 N–H and O–H groups in total. The fraction of sp³-hybridized carbons (Fsp3) is 0.0909. The molecule has 3 aromatic carbocycles. The van der Waals surface area contributed by atoms with Gasteiger partial charge in [0, 0.05) is 16.9 Å². The first kappa shape index (κ1) is 18.2. The molecule has 5 nitrogen and oxygen atoms in total. The van der Waals surface area contributed by atoms with Crippen molar-refractivity contribution in [1.82, 2.24) is 0 Å². The summed E-state index contributed by atoms with van der Waals surface area (Å²) in [4.78, 5) is 24.3. The van der Waals surface area contributed by atoms with Crippen LogP contribution in [0.15, 0.2) is 78.9 Å². The van der Waals surface area contributed by atoms with E-state index in [4.69, 9.17) is 4.74 Å². The van der Waals surface area contributed by atoms with Crippen molar-refractivity contribution in [3.8, 4) is 5.75 Å². The van der Waals surface area contributed by atoms with E-state index in [1.54, 1.807) is 24.3 Å². The Morgan fingerprint density at radius 2 is 1.41 bits per heavy atom. The molecule has 0 atom stereocenters. The van der Waals surface area contributed by atoms with Crippen LogP contribution in [0.4, 0.5) is 11.4 Å². The predicted octanol–water partition coefficient (Wildman–Crippen LogP) is 4.26. The molecule has 136 valence electrons. The van der Waals surface area contributed by atoms with E-state index in [1.807, 2.05) is 61.5 Å². The van der Waals surface area contributed by atoms with Crippen molar-refractivity contribution in [3.63, 3.8) is 0 Å². The van der Waals surface area contributed by atoms with Gasteiger partial charge in [0.1, 0.15) is 5.75 Å². The zero-order chi connectivity index (χ0) is 19.1. The monoisotopic (exact) mass is 360 g/mol. The number of aryl methyl sites for hydroxylation is 1. The highest BCUT2D eigenvalue weighted by Crippen LogP contribution is 2.16. The molecule has 0 spiro atoms. The lowest BCUT2D eigenvalue weighted by Gasteiger charge is -2.10. The Morgan fingerprint density at radius 3 is 2.11 bits per heavy atom. The summed E-state index contributed by atoms with van der Waals surface area (Å²) in [5, 5.41) is 5.57. The third kappa shape index (κ3) is 5.19. The minimum Gasteiger partial charge on any atom is -0.483 e. The summed E-state index contributed by atoms with van der Waals surface area (Å²) in [5.74, 6) is 0.210. The van der Waals surface area contributed by atoms with Gasteiger partial charge in [-0.2, -0.15) is 0 Å². The number of benzene rings is 3. The quantitative estimate of drug-likeness (QED) is 0.690. The third-order valence-electron chi connectivity index (χ3n) is 3.91. The van der Waals surface area contributed by atoms with E-state index >= 15 is 0 Å². The highest BCUT2D eigenvalue weighted by Gasteiger charge is 2.08. The lowest BCUT2D eigenvalue weighted by atomic mass is 10.2. The highest BCUT2D eigenvalue weighted by atomic mass is 16.5. The largest absolute Gasteiger partial charge is 0.483 e. The molecule has 27 heavy (non-hydrogen) atoms. The van der Waals surface area contributed by atoms with Crippen molar-refractivity contribution in [1.29, 1.82) is 0 Å². The molecule has 0 saturated heterocycles. The molecule has 0 saturated carbocycles. The average molecular weight is 360 g/mol. The zero-order valence-corrected chi connectivity index (χ0v) is 14.9. The number of carbonyl (C=O) groups excluding carboxylic acids is 2. The number of amides is 2. The molecular formula is C22H20N2O3. The number of rotatable bonds is 6. The lowest BCUT2D eigenvalue weighted by molar-refractivity contribution is -0.118. The van der Waals surface area contributed by atoms with E-state index in [9.17, 15) is 9.59 Å². The van der Waals surface area contributed by atoms with E-state index in [-0.39, 0.29) is 18.4 Å². The maximum absolute atomic E-state index is 12.2. The van der Waals surface area contributed by atoms with Gasteiger partial charge >= 0.3 is 0 Å². The smallest absolute Gasteiger partial charge is 0.262 e. The Bertz CT molecular complexity index is 922. The van der Waals surface area contributed by atoms with Crippen LogP contribution in [-0.4, -0.2) is 18.4 Å². The van der Waals surface area contributed by atoms with Crippen LogP contribution >= 0.6 is 0 Å². The highest BCUT2D eigenvalue weighted by molar-refractivity contribution is 6.04. The summed E-state index contributed by atoms with van der Waals surface area (Å²) in [6.45, 7) is 1.84. The van der Waals surface area contributed by atoms with Gasteiger partial charge < -0.3 is 15.4 Å². The maximum atomic E-state index is 12.2. The van der Waals surface area contributed by atoms with Crippen molar-refractivity contribution in [2.75, 3.05) is 17.2 Å². The van der Waals surface area contributed by atoms with Crippen LogP contribution in [-0.2, 0) is 4.79 Å². The number of carbonyl (C=O) groups is 2. The molecule has 0 fully saturated rings. The molecular weight excluding hydrogens is 340 g/mol. The number of ether oxygens (including phenoxy) is 1. The third-order valence-corrected chi connectivity index (χ3v) is 3.91. The molecule has 0 aliphatic rings.